The van der Waals surface area contributed by atoms with Crippen molar-refractivity contribution in [2.75, 3.05) is 0 Å². The maximum Gasteiger partial charge on any atom is 0.140 e. The van der Waals surface area contributed by atoms with Gasteiger partial charge in [0.15, 0.2) is 0 Å². The van der Waals surface area contributed by atoms with Gasteiger partial charge in [0, 0.05) is 24.6 Å². The molecule has 0 fully saturated rings. The van der Waals surface area contributed by atoms with Gasteiger partial charge in [-0.3, -0.25) is 0 Å². The molecule has 0 radical (unpaired) electrons. The van der Waals surface area contributed by atoms with Crippen LogP contribution < -0.4 is 0 Å². The van der Waals surface area contributed by atoms with Gasteiger partial charge in [0.2, 0.25) is 0 Å². The van der Waals surface area contributed by atoms with Crippen molar-refractivity contribution < 1.29 is 5.11 Å². The number of hydrogen-bond acceptors (Lipinski definition) is 3. The Morgan fingerprint density at radius 3 is 3.06 bits per heavy atom. The molecule has 0 aliphatic heterocycles. The Morgan fingerprint density at radius 2 is 2.31 bits per heavy atom. The van der Waals surface area contributed by atoms with E-state index in [1.54, 1.807) is 12.3 Å². The molecule has 0 bridgehead atoms. The van der Waals surface area contributed by atoms with Crippen LogP contribution in [0.5, 0.6) is 0 Å². The van der Waals surface area contributed by atoms with Gasteiger partial charge in [-0.05, 0) is 29.8 Å². The number of nitriles is 1. The van der Waals surface area contributed by atoms with Crippen LogP contribution in [0.2, 0.25) is 0 Å². The van der Waals surface area contributed by atoms with Gasteiger partial charge in [0.05, 0.1) is 6.61 Å². The fourth-order valence-corrected chi connectivity index (χ4v) is 1.58. The van der Waals surface area contributed by atoms with Crippen LogP contribution in [0.25, 0.3) is 0 Å². The summed E-state index contributed by atoms with van der Waals surface area (Å²) >= 11 is 0. The number of hydrogen-bond donors (Lipinski definition) is 1. The highest BCUT2D eigenvalue weighted by atomic mass is 16.3. The van der Waals surface area contributed by atoms with Crippen LogP contribution in [0.1, 0.15) is 17.0 Å². The Bertz CT molecular complexity index is 525. The summed E-state index contributed by atoms with van der Waals surface area (Å²) in [5.74, 6) is 0. The van der Waals surface area contributed by atoms with Gasteiger partial charge in [0.1, 0.15) is 11.8 Å². The zero-order valence-corrected chi connectivity index (χ0v) is 8.67. The predicted octanol–water partition coefficient (Wildman–Crippen LogP) is 1.30. The van der Waals surface area contributed by atoms with Gasteiger partial charge in [-0.15, -0.1) is 0 Å². The quantitative estimate of drug-likeness (QED) is 0.835. The van der Waals surface area contributed by atoms with E-state index in [9.17, 15) is 0 Å². The van der Waals surface area contributed by atoms with Crippen LogP contribution in [0.3, 0.4) is 0 Å². The van der Waals surface area contributed by atoms with Crippen LogP contribution in [-0.2, 0) is 13.2 Å². The fraction of sp³-hybridized carbons (Fsp3) is 0.167. The number of rotatable bonds is 3. The average Bonchev–Trinajstić information content (AvgIpc) is 2.76. The predicted molar refractivity (Wildman–Crippen MR) is 58.4 cm³/mol. The zero-order chi connectivity index (χ0) is 11.4. The summed E-state index contributed by atoms with van der Waals surface area (Å²) in [4.78, 5) is 3.91. The maximum atomic E-state index is 9.10. The summed E-state index contributed by atoms with van der Waals surface area (Å²) in [6, 6.07) is 9.37. The minimum Gasteiger partial charge on any atom is -0.390 e. The molecular weight excluding hydrogens is 202 g/mol. The standard InChI is InChI=1S/C12H11N3O/c13-7-11-6-10(3-4-14-11)8-15-5-1-2-12(15)9-16/h1-6,16H,8-9H2. The molecule has 2 rings (SSSR count). The van der Waals surface area contributed by atoms with Crippen LogP contribution >= 0.6 is 0 Å². The highest BCUT2D eigenvalue weighted by Gasteiger charge is 2.01. The molecule has 0 amide bonds. The molecule has 0 atom stereocenters. The SMILES string of the molecule is N#Cc1cc(Cn2cccc2CO)ccn1. The Balaban J connectivity index is 2.24. The highest BCUT2D eigenvalue weighted by molar-refractivity contribution is 5.26. The van der Waals surface area contributed by atoms with Crippen molar-refractivity contribution in [3.8, 4) is 6.07 Å². The number of aromatic nitrogens is 2. The molecule has 2 heterocycles. The van der Waals surface area contributed by atoms with Gasteiger partial charge in [0.25, 0.3) is 0 Å². The van der Waals surface area contributed by atoms with Crippen LogP contribution in [0, 0.1) is 11.3 Å². The third-order valence-corrected chi connectivity index (χ3v) is 2.38. The normalized spacial score (nSPS) is 10.0. The minimum absolute atomic E-state index is 0.0171. The number of aliphatic hydroxyl groups excluding tert-OH is 1. The highest BCUT2D eigenvalue weighted by Crippen LogP contribution is 2.08. The van der Waals surface area contributed by atoms with Crippen molar-refractivity contribution in [3.05, 3.63) is 53.6 Å². The van der Waals surface area contributed by atoms with Crippen molar-refractivity contribution >= 4 is 0 Å². The molecule has 1 N–H and O–H groups in total. The molecule has 0 saturated heterocycles. The molecular formula is C12H11N3O. The molecule has 0 unspecified atom stereocenters. The monoisotopic (exact) mass is 213 g/mol. The summed E-state index contributed by atoms with van der Waals surface area (Å²) < 4.78 is 1.94. The molecule has 16 heavy (non-hydrogen) atoms. The fourth-order valence-electron chi connectivity index (χ4n) is 1.58. The molecule has 0 aromatic carbocycles. The number of aliphatic hydroxyl groups is 1. The lowest BCUT2D eigenvalue weighted by Gasteiger charge is -2.07. The van der Waals surface area contributed by atoms with Crippen molar-refractivity contribution in [2.24, 2.45) is 0 Å². The second-order valence-electron chi connectivity index (χ2n) is 3.45. The van der Waals surface area contributed by atoms with E-state index in [1.165, 1.54) is 0 Å². The van der Waals surface area contributed by atoms with E-state index in [0.29, 0.717) is 12.2 Å². The summed E-state index contributed by atoms with van der Waals surface area (Å²) in [6.07, 6.45) is 3.52. The van der Waals surface area contributed by atoms with Gasteiger partial charge in [-0.1, -0.05) is 0 Å². The second-order valence-corrected chi connectivity index (χ2v) is 3.45. The van der Waals surface area contributed by atoms with Crippen molar-refractivity contribution in [2.45, 2.75) is 13.2 Å². The Labute approximate surface area is 93.4 Å². The lowest BCUT2D eigenvalue weighted by atomic mass is 10.2. The molecule has 0 saturated carbocycles. The van der Waals surface area contributed by atoms with Gasteiger partial charge < -0.3 is 9.67 Å². The topological polar surface area (TPSA) is 61.8 Å². The van der Waals surface area contributed by atoms with E-state index in [2.05, 4.69) is 4.98 Å². The lowest BCUT2D eigenvalue weighted by molar-refractivity contribution is 0.271. The Morgan fingerprint density at radius 1 is 1.44 bits per heavy atom. The summed E-state index contributed by atoms with van der Waals surface area (Å²) in [5, 5.41) is 17.8. The van der Waals surface area contributed by atoms with Crippen molar-refractivity contribution in [3.63, 3.8) is 0 Å². The lowest BCUT2D eigenvalue weighted by Crippen LogP contribution is -2.03. The van der Waals surface area contributed by atoms with E-state index < -0.39 is 0 Å². The third-order valence-electron chi connectivity index (χ3n) is 2.38. The zero-order valence-electron chi connectivity index (χ0n) is 8.67. The molecule has 0 aliphatic rings. The first kappa shape index (κ1) is 10.4. The molecule has 2 aromatic rings. The average molecular weight is 213 g/mol. The third kappa shape index (κ3) is 2.10. The smallest absolute Gasteiger partial charge is 0.140 e. The summed E-state index contributed by atoms with van der Waals surface area (Å²) in [5.41, 5.74) is 2.27. The summed E-state index contributed by atoms with van der Waals surface area (Å²) in [7, 11) is 0. The first-order valence-corrected chi connectivity index (χ1v) is 4.93. The van der Waals surface area contributed by atoms with E-state index in [0.717, 1.165) is 11.3 Å². The molecule has 0 spiro atoms. The molecule has 4 nitrogen and oxygen atoms in total. The Kier molecular flexibility index (Phi) is 2.99. The molecule has 0 aliphatic carbocycles. The van der Waals surface area contributed by atoms with Crippen molar-refractivity contribution in [1.29, 1.82) is 5.26 Å². The van der Waals surface area contributed by atoms with E-state index in [1.807, 2.05) is 35.0 Å². The van der Waals surface area contributed by atoms with Gasteiger partial charge in [-0.2, -0.15) is 5.26 Å². The Hall–Kier alpha value is -2.12. The van der Waals surface area contributed by atoms with Crippen LogP contribution in [-0.4, -0.2) is 14.7 Å². The first-order valence-electron chi connectivity index (χ1n) is 4.93. The van der Waals surface area contributed by atoms with Gasteiger partial charge >= 0.3 is 0 Å². The summed E-state index contributed by atoms with van der Waals surface area (Å²) in [6.45, 7) is 0.656. The van der Waals surface area contributed by atoms with Crippen molar-refractivity contribution in [1.82, 2.24) is 9.55 Å². The number of pyridine rings is 1. The molecule has 4 heteroatoms. The van der Waals surface area contributed by atoms with Gasteiger partial charge in [-0.25, -0.2) is 4.98 Å². The van der Waals surface area contributed by atoms with E-state index in [4.69, 9.17) is 10.4 Å². The van der Waals surface area contributed by atoms with Crippen LogP contribution in [0.15, 0.2) is 36.7 Å². The largest absolute Gasteiger partial charge is 0.390 e. The first-order chi connectivity index (χ1) is 7.83. The van der Waals surface area contributed by atoms with E-state index in [-0.39, 0.29) is 6.61 Å². The van der Waals surface area contributed by atoms with E-state index >= 15 is 0 Å². The minimum atomic E-state index is 0.0171. The maximum absolute atomic E-state index is 9.10. The van der Waals surface area contributed by atoms with Crippen LogP contribution in [0.4, 0.5) is 0 Å². The molecule has 80 valence electrons. The second kappa shape index (κ2) is 4.60. The number of nitrogens with zero attached hydrogens (tertiary/aromatic N) is 3. The molecule has 2 aromatic heterocycles.